The van der Waals surface area contributed by atoms with Gasteiger partial charge >= 0.3 is 5.97 Å². The number of non-ortho nitro benzene ring substituents is 1. The number of benzene rings is 1. The molecule has 0 spiro atoms. The van der Waals surface area contributed by atoms with Gasteiger partial charge in [0.2, 0.25) is 0 Å². The Morgan fingerprint density at radius 3 is 2.73 bits per heavy atom. The number of esters is 1. The lowest BCUT2D eigenvalue weighted by molar-refractivity contribution is -0.384. The van der Waals surface area contributed by atoms with Crippen LogP contribution in [0.25, 0.3) is 0 Å². The van der Waals surface area contributed by atoms with Crippen molar-refractivity contribution in [2.75, 3.05) is 5.32 Å². The van der Waals surface area contributed by atoms with E-state index in [-0.39, 0.29) is 22.0 Å². The van der Waals surface area contributed by atoms with Crippen molar-refractivity contribution in [1.82, 2.24) is 5.16 Å². The average molecular weight is 382 g/mol. The van der Waals surface area contributed by atoms with Gasteiger partial charge in [-0.1, -0.05) is 23.7 Å². The van der Waals surface area contributed by atoms with Crippen LogP contribution in [-0.4, -0.2) is 28.1 Å². The Kier molecular flexibility index (Phi) is 5.93. The zero-order chi connectivity index (χ0) is 19.4. The number of nitrogens with one attached hydrogen (secondary N) is 1. The van der Waals surface area contributed by atoms with Crippen LogP contribution in [0.3, 0.4) is 0 Å². The maximum atomic E-state index is 12.3. The van der Waals surface area contributed by atoms with Crippen LogP contribution in [0.5, 0.6) is 0 Å². The Hall–Kier alpha value is -2.94. The Morgan fingerprint density at radius 1 is 1.46 bits per heavy atom. The number of carbonyl (C=O) groups is 2. The van der Waals surface area contributed by atoms with E-state index in [0.29, 0.717) is 17.9 Å². The summed E-state index contributed by atoms with van der Waals surface area (Å²) in [6.45, 7) is 4.78. The molecule has 1 atom stereocenters. The molecule has 10 heteroatoms. The number of anilines is 1. The first-order valence-electron chi connectivity index (χ1n) is 7.65. The normalized spacial score (nSPS) is 11.7. The minimum atomic E-state index is -1.13. The van der Waals surface area contributed by atoms with Gasteiger partial charge in [-0.2, -0.15) is 0 Å². The number of carbonyl (C=O) groups excluding carboxylic acids is 2. The van der Waals surface area contributed by atoms with Crippen molar-refractivity contribution in [3.05, 3.63) is 50.4 Å². The van der Waals surface area contributed by atoms with E-state index in [1.54, 1.807) is 13.8 Å². The number of aromatic nitrogens is 1. The lowest BCUT2D eigenvalue weighted by atomic mass is 10.1. The molecule has 0 aliphatic carbocycles. The van der Waals surface area contributed by atoms with Crippen molar-refractivity contribution in [3.8, 4) is 0 Å². The van der Waals surface area contributed by atoms with E-state index in [1.165, 1.54) is 19.1 Å². The lowest BCUT2D eigenvalue weighted by Crippen LogP contribution is -2.30. The summed E-state index contributed by atoms with van der Waals surface area (Å²) < 4.78 is 10.2. The molecule has 1 N–H and O–H groups in total. The molecule has 0 radical (unpaired) electrons. The third kappa shape index (κ3) is 4.17. The van der Waals surface area contributed by atoms with Gasteiger partial charge in [0.05, 0.1) is 21.3 Å². The molecule has 26 heavy (non-hydrogen) atoms. The molecule has 1 aromatic carbocycles. The molecule has 9 nitrogen and oxygen atoms in total. The van der Waals surface area contributed by atoms with Gasteiger partial charge in [0.15, 0.2) is 11.9 Å². The predicted octanol–water partition coefficient (Wildman–Crippen LogP) is 3.29. The van der Waals surface area contributed by atoms with E-state index in [9.17, 15) is 19.7 Å². The first kappa shape index (κ1) is 19.4. The fraction of sp³-hybridized carbons (Fsp3) is 0.312. The van der Waals surface area contributed by atoms with Crippen LogP contribution in [0.2, 0.25) is 5.02 Å². The van der Waals surface area contributed by atoms with Gasteiger partial charge in [-0.05, 0) is 19.9 Å². The standard InChI is InChI=1S/C16H16ClN3O6/c1-4-13-14(8(2)19-26-13)16(22)25-9(3)15(21)18-12-6-5-10(20(23)24)7-11(12)17/h5-7,9H,4H2,1-3H3,(H,18,21). The lowest BCUT2D eigenvalue weighted by Gasteiger charge is -2.14. The number of hydrogen-bond acceptors (Lipinski definition) is 7. The maximum absolute atomic E-state index is 12.3. The van der Waals surface area contributed by atoms with E-state index < -0.39 is 22.9 Å². The van der Waals surface area contributed by atoms with Crippen LogP contribution < -0.4 is 5.32 Å². The number of rotatable bonds is 6. The van der Waals surface area contributed by atoms with Gasteiger partial charge in [-0.3, -0.25) is 14.9 Å². The van der Waals surface area contributed by atoms with Crippen molar-refractivity contribution < 1.29 is 23.8 Å². The molecule has 0 aliphatic heterocycles. The summed E-state index contributed by atoms with van der Waals surface area (Å²) in [7, 11) is 0. The first-order chi connectivity index (χ1) is 12.2. The smallest absolute Gasteiger partial charge is 0.344 e. The topological polar surface area (TPSA) is 125 Å². The van der Waals surface area contributed by atoms with Gasteiger partial charge in [-0.25, -0.2) is 4.79 Å². The van der Waals surface area contributed by atoms with Gasteiger partial charge in [-0.15, -0.1) is 0 Å². The molecule has 2 rings (SSSR count). The largest absolute Gasteiger partial charge is 0.449 e. The molecular formula is C16H16ClN3O6. The Bertz CT molecular complexity index is 864. The molecular weight excluding hydrogens is 366 g/mol. The number of aryl methyl sites for hydroxylation is 2. The number of amides is 1. The van der Waals surface area contributed by atoms with Gasteiger partial charge in [0, 0.05) is 18.6 Å². The Labute approximate surface area is 153 Å². The minimum Gasteiger partial charge on any atom is -0.449 e. The molecule has 1 unspecified atom stereocenters. The minimum absolute atomic E-state index is 0.00535. The summed E-state index contributed by atoms with van der Waals surface area (Å²) >= 11 is 5.92. The molecule has 2 aromatic rings. The second-order valence-corrected chi connectivity index (χ2v) is 5.78. The van der Waals surface area contributed by atoms with Crippen molar-refractivity contribution in [2.45, 2.75) is 33.3 Å². The van der Waals surface area contributed by atoms with E-state index in [4.69, 9.17) is 20.9 Å². The van der Waals surface area contributed by atoms with Crippen LogP contribution in [0.4, 0.5) is 11.4 Å². The van der Waals surface area contributed by atoms with E-state index >= 15 is 0 Å². The van der Waals surface area contributed by atoms with Crippen LogP contribution in [0, 0.1) is 17.0 Å². The highest BCUT2D eigenvalue weighted by Crippen LogP contribution is 2.27. The van der Waals surface area contributed by atoms with Gasteiger partial charge in [0.1, 0.15) is 5.56 Å². The van der Waals surface area contributed by atoms with E-state index in [0.717, 1.165) is 6.07 Å². The van der Waals surface area contributed by atoms with E-state index in [2.05, 4.69) is 10.5 Å². The van der Waals surface area contributed by atoms with Crippen LogP contribution in [0.1, 0.15) is 35.7 Å². The van der Waals surface area contributed by atoms with Crippen molar-refractivity contribution >= 4 is 34.9 Å². The van der Waals surface area contributed by atoms with Crippen LogP contribution in [0.15, 0.2) is 22.7 Å². The molecule has 0 aliphatic rings. The summed E-state index contributed by atoms with van der Waals surface area (Å²) in [6.07, 6.45) is -0.683. The number of halogens is 1. The van der Waals surface area contributed by atoms with Crippen molar-refractivity contribution in [3.63, 3.8) is 0 Å². The summed E-state index contributed by atoms with van der Waals surface area (Å²) in [5, 5.41) is 16.9. The average Bonchev–Trinajstić information content (AvgIpc) is 2.97. The molecule has 1 aromatic heterocycles. The molecule has 0 bridgehead atoms. The summed E-state index contributed by atoms with van der Waals surface area (Å²) in [4.78, 5) is 34.6. The Balaban J connectivity index is 2.07. The fourth-order valence-electron chi connectivity index (χ4n) is 2.15. The van der Waals surface area contributed by atoms with Crippen LogP contribution >= 0.6 is 11.6 Å². The molecule has 0 saturated heterocycles. The highest BCUT2D eigenvalue weighted by Gasteiger charge is 2.25. The van der Waals surface area contributed by atoms with Gasteiger partial charge < -0.3 is 14.6 Å². The molecule has 138 valence electrons. The third-order valence-corrected chi connectivity index (χ3v) is 3.85. The van der Waals surface area contributed by atoms with Crippen molar-refractivity contribution in [1.29, 1.82) is 0 Å². The number of hydrogen-bond donors (Lipinski definition) is 1. The Morgan fingerprint density at radius 2 is 2.15 bits per heavy atom. The second-order valence-electron chi connectivity index (χ2n) is 5.38. The predicted molar refractivity (Wildman–Crippen MR) is 92.2 cm³/mol. The third-order valence-electron chi connectivity index (χ3n) is 3.53. The second kappa shape index (κ2) is 7.96. The molecule has 0 saturated carbocycles. The highest BCUT2D eigenvalue weighted by molar-refractivity contribution is 6.34. The molecule has 0 fully saturated rings. The summed E-state index contributed by atoms with van der Waals surface area (Å²) in [5.41, 5.74) is 0.529. The quantitative estimate of drug-likeness (QED) is 0.462. The number of ether oxygens (including phenoxy) is 1. The zero-order valence-corrected chi connectivity index (χ0v) is 15.0. The SMILES string of the molecule is CCc1onc(C)c1C(=O)OC(C)C(=O)Nc1ccc([N+](=O)[O-])cc1Cl. The summed E-state index contributed by atoms with van der Waals surface area (Å²) in [5.74, 6) is -0.988. The first-order valence-corrected chi connectivity index (χ1v) is 8.03. The fourth-order valence-corrected chi connectivity index (χ4v) is 2.37. The monoisotopic (exact) mass is 381 g/mol. The number of nitro groups is 1. The summed E-state index contributed by atoms with van der Waals surface area (Å²) in [6, 6.07) is 3.61. The highest BCUT2D eigenvalue weighted by atomic mass is 35.5. The number of nitrogens with zero attached hydrogens (tertiary/aromatic N) is 2. The van der Waals surface area contributed by atoms with Crippen molar-refractivity contribution in [2.24, 2.45) is 0 Å². The maximum Gasteiger partial charge on any atom is 0.344 e. The molecule has 1 heterocycles. The van der Waals surface area contributed by atoms with Gasteiger partial charge in [0.25, 0.3) is 11.6 Å². The zero-order valence-electron chi connectivity index (χ0n) is 14.2. The van der Waals surface area contributed by atoms with Crippen LogP contribution in [-0.2, 0) is 16.0 Å². The number of nitro benzene ring substituents is 1. The van der Waals surface area contributed by atoms with E-state index in [1.807, 2.05) is 0 Å². The molecule has 1 amide bonds.